The number of carbonyl (C=O) groups is 1. The van der Waals surface area contributed by atoms with Crippen molar-refractivity contribution in [2.24, 2.45) is 0 Å². The summed E-state index contributed by atoms with van der Waals surface area (Å²) >= 11 is 0. The van der Waals surface area contributed by atoms with E-state index in [2.05, 4.69) is 13.8 Å². The summed E-state index contributed by atoms with van der Waals surface area (Å²) in [5.41, 5.74) is 0.559. The Morgan fingerprint density at radius 2 is 2.17 bits per heavy atom. The number of benzene rings is 1. The highest BCUT2D eigenvalue weighted by Gasteiger charge is 2.13. The van der Waals surface area contributed by atoms with Crippen LogP contribution in [0.3, 0.4) is 0 Å². The van der Waals surface area contributed by atoms with E-state index < -0.39 is 5.97 Å². The van der Waals surface area contributed by atoms with Crippen molar-refractivity contribution in [3.05, 3.63) is 35.1 Å². The predicted molar refractivity (Wildman–Crippen MR) is 69.2 cm³/mol. The van der Waals surface area contributed by atoms with Gasteiger partial charge in [0.25, 0.3) is 0 Å². The molecular formula is C14H20FNO2. The number of halogens is 1. The van der Waals surface area contributed by atoms with Crippen molar-refractivity contribution < 1.29 is 14.3 Å². The van der Waals surface area contributed by atoms with E-state index in [9.17, 15) is 9.18 Å². The van der Waals surface area contributed by atoms with Gasteiger partial charge in [-0.25, -0.2) is 9.18 Å². The number of hydrogen-bond donors (Lipinski definition) is 1. The lowest BCUT2D eigenvalue weighted by molar-refractivity contribution is 0.0696. The summed E-state index contributed by atoms with van der Waals surface area (Å²) in [5, 5.41) is 8.89. The van der Waals surface area contributed by atoms with E-state index in [0.717, 1.165) is 12.8 Å². The van der Waals surface area contributed by atoms with E-state index in [1.807, 2.05) is 11.9 Å². The fourth-order valence-corrected chi connectivity index (χ4v) is 1.89. The van der Waals surface area contributed by atoms with Gasteiger partial charge in [-0.3, -0.25) is 4.90 Å². The first-order valence-electron chi connectivity index (χ1n) is 6.17. The highest BCUT2D eigenvalue weighted by molar-refractivity contribution is 5.87. The largest absolute Gasteiger partial charge is 0.478 e. The third-order valence-corrected chi connectivity index (χ3v) is 3.17. The average molecular weight is 253 g/mol. The predicted octanol–water partition coefficient (Wildman–Crippen LogP) is 3.14. The van der Waals surface area contributed by atoms with Crippen molar-refractivity contribution in [3.8, 4) is 0 Å². The zero-order valence-corrected chi connectivity index (χ0v) is 11.1. The molecule has 18 heavy (non-hydrogen) atoms. The number of rotatable bonds is 6. The van der Waals surface area contributed by atoms with Crippen LogP contribution in [-0.4, -0.2) is 29.1 Å². The molecule has 0 bridgehead atoms. The van der Waals surface area contributed by atoms with Crippen molar-refractivity contribution in [3.63, 3.8) is 0 Å². The Labute approximate surface area is 107 Å². The first kappa shape index (κ1) is 14.6. The van der Waals surface area contributed by atoms with Gasteiger partial charge in [-0.15, -0.1) is 0 Å². The fourth-order valence-electron chi connectivity index (χ4n) is 1.89. The maximum atomic E-state index is 13.6. The Bertz CT molecular complexity index is 420. The Morgan fingerprint density at radius 3 is 2.72 bits per heavy atom. The second kappa shape index (κ2) is 6.50. The zero-order valence-electron chi connectivity index (χ0n) is 11.1. The van der Waals surface area contributed by atoms with Crippen molar-refractivity contribution in [2.45, 2.75) is 39.3 Å². The molecule has 0 saturated carbocycles. The van der Waals surface area contributed by atoms with Crippen LogP contribution in [0.15, 0.2) is 18.2 Å². The minimum absolute atomic E-state index is 0.128. The smallest absolute Gasteiger partial charge is 0.335 e. The van der Waals surface area contributed by atoms with E-state index in [4.69, 9.17) is 5.11 Å². The summed E-state index contributed by atoms with van der Waals surface area (Å²) in [5.74, 6) is -1.38. The summed E-state index contributed by atoms with van der Waals surface area (Å²) in [6.45, 7) is 4.62. The molecule has 0 fully saturated rings. The van der Waals surface area contributed by atoms with Gasteiger partial charge < -0.3 is 5.11 Å². The maximum Gasteiger partial charge on any atom is 0.335 e. The molecule has 0 aliphatic carbocycles. The Kier molecular flexibility index (Phi) is 5.28. The van der Waals surface area contributed by atoms with Gasteiger partial charge in [0.1, 0.15) is 5.82 Å². The van der Waals surface area contributed by atoms with Crippen LogP contribution < -0.4 is 0 Å². The molecule has 0 radical (unpaired) electrons. The fraction of sp³-hybridized carbons (Fsp3) is 0.500. The number of aromatic carboxylic acids is 1. The van der Waals surface area contributed by atoms with Crippen molar-refractivity contribution in [2.75, 3.05) is 7.05 Å². The first-order chi connectivity index (χ1) is 8.45. The van der Waals surface area contributed by atoms with E-state index in [0.29, 0.717) is 18.2 Å². The number of nitrogens with zero attached hydrogens (tertiary/aromatic N) is 1. The van der Waals surface area contributed by atoms with Crippen molar-refractivity contribution in [1.29, 1.82) is 0 Å². The minimum Gasteiger partial charge on any atom is -0.478 e. The molecule has 0 heterocycles. The van der Waals surface area contributed by atoms with Gasteiger partial charge >= 0.3 is 5.97 Å². The van der Waals surface area contributed by atoms with Crippen LogP contribution >= 0.6 is 0 Å². The summed E-state index contributed by atoms with van der Waals surface area (Å²) in [4.78, 5) is 12.9. The standard InChI is InChI=1S/C14H20FNO2/c1-4-5-10(2)16(3)9-12-8-11(14(17)18)6-7-13(12)15/h6-8,10H,4-5,9H2,1-3H3,(H,17,18). The number of hydrogen-bond acceptors (Lipinski definition) is 2. The summed E-state index contributed by atoms with van der Waals surface area (Å²) < 4.78 is 13.6. The van der Waals surface area contributed by atoms with E-state index >= 15 is 0 Å². The Hall–Kier alpha value is -1.42. The molecule has 1 N–H and O–H groups in total. The van der Waals surface area contributed by atoms with Gasteiger partial charge in [0.05, 0.1) is 5.56 Å². The second-order valence-corrected chi connectivity index (χ2v) is 4.66. The van der Waals surface area contributed by atoms with Crippen LogP contribution in [0.1, 0.15) is 42.6 Å². The van der Waals surface area contributed by atoms with Crippen molar-refractivity contribution >= 4 is 5.97 Å². The van der Waals surface area contributed by atoms with E-state index in [-0.39, 0.29) is 11.4 Å². The van der Waals surface area contributed by atoms with Gasteiger partial charge in [-0.05, 0) is 38.6 Å². The molecule has 4 heteroatoms. The van der Waals surface area contributed by atoms with Crippen LogP contribution in [0.25, 0.3) is 0 Å². The highest BCUT2D eigenvalue weighted by atomic mass is 19.1. The van der Waals surface area contributed by atoms with E-state index in [1.165, 1.54) is 18.2 Å². The van der Waals surface area contributed by atoms with Crippen LogP contribution in [-0.2, 0) is 6.54 Å². The van der Waals surface area contributed by atoms with Crippen LogP contribution in [0.4, 0.5) is 4.39 Å². The highest BCUT2D eigenvalue weighted by Crippen LogP contribution is 2.15. The monoisotopic (exact) mass is 253 g/mol. The van der Waals surface area contributed by atoms with Gasteiger partial charge in [-0.1, -0.05) is 13.3 Å². The zero-order chi connectivity index (χ0) is 13.7. The Morgan fingerprint density at radius 1 is 1.50 bits per heavy atom. The third-order valence-electron chi connectivity index (χ3n) is 3.17. The Balaban J connectivity index is 2.83. The molecule has 100 valence electrons. The molecule has 0 saturated heterocycles. The van der Waals surface area contributed by atoms with Crippen LogP contribution in [0.2, 0.25) is 0 Å². The summed E-state index contributed by atoms with van der Waals surface area (Å²) in [6, 6.07) is 4.27. The molecule has 0 aromatic heterocycles. The molecule has 0 aliphatic heterocycles. The molecule has 0 aliphatic rings. The number of carboxylic acid groups (broad SMARTS) is 1. The molecule has 3 nitrogen and oxygen atoms in total. The first-order valence-corrected chi connectivity index (χ1v) is 6.17. The molecular weight excluding hydrogens is 233 g/mol. The summed E-state index contributed by atoms with van der Waals surface area (Å²) in [6.07, 6.45) is 2.11. The average Bonchev–Trinajstić information content (AvgIpc) is 2.31. The lowest BCUT2D eigenvalue weighted by atomic mass is 10.1. The van der Waals surface area contributed by atoms with E-state index in [1.54, 1.807) is 0 Å². The van der Waals surface area contributed by atoms with Crippen LogP contribution in [0, 0.1) is 5.82 Å². The van der Waals surface area contributed by atoms with Gasteiger partial charge in [0.2, 0.25) is 0 Å². The molecule has 1 atom stereocenters. The van der Waals surface area contributed by atoms with Gasteiger partial charge in [-0.2, -0.15) is 0 Å². The SMILES string of the molecule is CCCC(C)N(C)Cc1cc(C(=O)O)ccc1F. The van der Waals surface area contributed by atoms with Crippen molar-refractivity contribution in [1.82, 2.24) is 4.90 Å². The van der Waals surface area contributed by atoms with Gasteiger partial charge in [0.15, 0.2) is 0 Å². The normalized spacial score (nSPS) is 12.7. The lowest BCUT2D eigenvalue weighted by Crippen LogP contribution is -2.28. The molecule has 1 rings (SSSR count). The molecule has 0 amide bonds. The maximum absolute atomic E-state index is 13.6. The molecule has 1 aromatic carbocycles. The van der Waals surface area contributed by atoms with Gasteiger partial charge in [0, 0.05) is 18.2 Å². The molecule has 1 aromatic rings. The second-order valence-electron chi connectivity index (χ2n) is 4.66. The van der Waals surface area contributed by atoms with Crippen LogP contribution in [0.5, 0.6) is 0 Å². The summed E-state index contributed by atoms with van der Waals surface area (Å²) in [7, 11) is 1.92. The topological polar surface area (TPSA) is 40.5 Å². The molecule has 0 spiro atoms. The quantitative estimate of drug-likeness (QED) is 0.846. The lowest BCUT2D eigenvalue weighted by Gasteiger charge is -2.24. The number of carboxylic acids is 1. The molecule has 1 unspecified atom stereocenters. The third kappa shape index (κ3) is 3.81. The minimum atomic E-state index is -1.03.